The Balaban J connectivity index is 1.69. The third kappa shape index (κ3) is 5.68. The Labute approximate surface area is 129 Å². The number of hydrogen-bond donors (Lipinski definition) is 1. The molecule has 0 aromatic heterocycles. The van der Waals surface area contributed by atoms with Crippen LogP contribution in [0.1, 0.15) is 33.1 Å². The molecule has 1 N–H and O–H groups in total. The number of para-hydroxylation sites is 1. The molecular weight excluding hydrogens is 260 g/mol. The van der Waals surface area contributed by atoms with Gasteiger partial charge in [-0.05, 0) is 44.0 Å². The van der Waals surface area contributed by atoms with E-state index in [2.05, 4.69) is 24.1 Å². The van der Waals surface area contributed by atoms with Crippen LogP contribution in [0.25, 0.3) is 0 Å². The van der Waals surface area contributed by atoms with Gasteiger partial charge >= 0.3 is 0 Å². The molecule has 2 rings (SSSR count). The van der Waals surface area contributed by atoms with Crippen molar-refractivity contribution in [1.29, 1.82) is 0 Å². The van der Waals surface area contributed by atoms with Gasteiger partial charge in [0.25, 0.3) is 0 Å². The predicted octanol–water partition coefficient (Wildman–Crippen LogP) is 3.17. The largest absolute Gasteiger partial charge is 0.494 e. The molecular formula is C18H30N2O. The molecule has 1 saturated heterocycles. The van der Waals surface area contributed by atoms with Crippen molar-refractivity contribution in [2.75, 3.05) is 32.8 Å². The molecule has 1 aromatic rings. The Hall–Kier alpha value is -1.06. The van der Waals surface area contributed by atoms with Crippen molar-refractivity contribution in [3.63, 3.8) is 0 Å². The van der Waals surface area contributed by atoms with Gasteiger partial charge in [-0.1, -0.05) is 38.5 Å². The smallest absolute Gasteiger partial charge is 0.119 e. The summed E-state index contributed by atoms with van der Waals surface area (Å²) in [6.45, 7) is 10.1. The van der Waals surface area contributed by atoms with E-state index in [1.54, 1.807) is 0 Å². The van der Waals surface area contributed by atoms with E-state index in [1.165, 1.54) is 25.9 Å². The van der Waals surface area contributed by atoms with Crippen molar-refractivity contribution in [3.8, 4) is 5.75 Å². The quantitative estimate of drug-likeness (QED) is 0.781. The lowest BCUT2D eigenvalue weighted by Gasteiger charge is -2.28. The zero-order chi connectivity index (χ0) is 14.9. The molecule has 0 aliphatic carbocycles. The summed E-state index contributed by atoms with van der Waals surface area (Å²) in [5.74, 6) is 1.73. The fraction of sp³-hybridized carbons (Fsp3) is 0.667. The van der Waals surface area contributed by atoms with E-state index in [9.17, 15) is 0 Å². The minimum absolute atomic E-state index is 0.646. The van der Waals surface area contributed by atoms with Crippen LogP contribution in [-0.2, 0) is 0 Å². The van der Waals surface area contributed by atoms with Gasteiger partial charge in [0, 0.05) is 19.1 Å². The Kier molecular flexibility index (Phi) is 7.04. The van der Waals surface area contributed by atoms with Gasteiger partial charge in [0.2, 0.25) is 0 Å². The summed E-state index contributed by atoms with van der Waals surface area (Å²) in [7, 11) is 0. The molecule has 1 aliphatic heterocycles. The van der Waals surface area contributed by atoms with E-state index < -0.39 is 0 Å². The summed E-state index contributed by atoms with van der Waals surface area (Å²) >= 11 is 0. The zero-order valence-corrected chi connectivity index (χ0v) is 13.6. The van der Waals surface area contributed by atoms with Gasteiger partial charge < -0.3 is 15.0 Å². The summed E-state index contributed by atoms with van der Waals surface area (Å²) in [6.07, 6.45) is 3.61. The molecule has 1 aromatic carbocycles. The van der Waals surface area contributed by atoms with E-state index >= 15 is 0 Å². The molecule has 1 fully saturated rings. The Bertz CT molecular complexity index is 382. The van der Waals surface area contributed by atoms with Gasteiger partial charge in [0.05, 0.1) is 6.61 Å². The third-order valence-electron chi connectivity index (χ3n) is 4.47. The Morgan fingerprint density at radius 1 is 1.33 bits per heavy atom. The van der Waals surface area contributed by atoms with Gasteiger partial charge in [-0.3, -0.25) is 0 Å². The zero-order valence-electron chi connectivity index (χ0n) is 13.6. The van der Waals surface area contributed by atoms with Gasteiger partial charge in [-0.2, -0.15) is 0 Å². The molecule has 0 saturated carbocycles. The van der Waals surface area contributed by atoms with Gasteiger partial charge in [0.15, 0.2) is 0 Å². The molecule has 0 amide bonds. The first-order valence-corrected chi connectivity index (χ1v) is 8.43. The highest BCUT2D eigenvalue weighted by Gasteiger charge is 2.21. The van der Waals surface area contributed by atoms with Crippen LogP contribution in [0.5, 0.6) is 5.75 Å². The number of rotatable bonds is 7. The SMILES string of the molecule is CCC(C)C1CN(CCCOc2ccccc2)CCCN1. The van der Waals surface area contributed by atoms with E-state index in [0.29, 0.717) is 6.04 Å². The third-order valence-corrected chi connectivity index (χ3v) is 4.47. The molecule has 1 aliphatic rings. The lowest BCUT2D eigenvalue weighted by Crippen LogP contribution is -2.42. The van der Waals surface area contributed by atoms with Crippen molar-refractivity contribution in [1.82, 2.24) is 10.2 Å². The lowest BCUT2D eigenvalue weighted by atomic mass is 9.99. The fourth-order valence-corrected chi connectivity index (χ4v) is 2.89. The summed E-state index contributed by atoms with van der Waals surface area (Å²) in [6, 6.07) is 10.8. The van der Waals surface area contributed by atoms with Crippen LogP contribution in [0.3, 0.4) is 0 Å². The van der Waals surface area contributed by atoms with Crippen LogP contribution < -0.4 is 10.1 Å². The van der Waals surface area contributed by atoms with Crippen molar-refractivity contribution in [2.45, 2.75) is 39.2 Å². The second kappa shape index (κ2) is 9.06. The maximum atomic E-state index is 5.78. The molecule has 3 heteroatoms. The van der Waals surface area contributed by atoms with Crippen LogP contribution in [0.2, 0.25) is 0 Å². The maximum absolute atomic E-state index is 5.78. The van der Waals surface area contributed by atoms with Crippen molar-refractivity contribution in [3.05, 3.63) is 30.3 Å². The van der Waals surface area contributed by atoms with Crippen LogP contribution in [0, 0.1) is 5.92 Å². The highest BCUT2D eigenvalue weighted by Crippen LogP contribution is 2.13. The molecule has 0 radical (unpaired) electrons. The maximum Gasteiger partial charge on any atom is 0.119 e. The van der Waals surface area contributed by atoms with E-state index in [1.807, 2.05) is 30.3 Å². The van der Waals surface area contributed by atoms with Crippen LogP contribution in [-0.4, -0.2) is 43.7 Å². The second-order valence-corrected chi connectivity index (χ2v) is 6.12. The first-order chi connectivity index (χ1) is 10.3. The topological polar surface area (TPSA) is 24.5 Å². The summed E-state index contributed by atoms with van der Waals surface area (Å²) in [5.41, 5.74) is 0. The first kappa shape index (κ1) is 16.3. The summed E-state index contributed by atoms with van der Waals surface area (Å²) < 4.78 is 5.78. The molecule has 0 spiro atoms. The normalized spacial score (nSPS) is 21.7. The highest BCUT2D eigenvalue weighted by molar-refractivity contribution is 5.20. The van der Waals surface area contributed by atoms with E-state index in [4.69, 9.17) is 4.74 Å². The van der Waals surface area contributed by atoms with Crippen LogP contribution in [0.4, 0.5) is 0 Å². The van der Waals surface area contributed by atoms with Crippen molar-refractivity contribution < 1.29 is 4.74 Å². The van der Waals surface area contributed by atoms with Crippen LogP contribution in [0.15, 0.2) is 30.3 Å². The number of nitrogens with zero attached hydrogens (tertiary/aromatic N) is 1. The number of hydrogen-bond acceptors (Lipinski definition) is 3. The molecule has 21 heavy (non-hydrogen) atoms. The van der Waals surface area contributed by atoms with E-state index in [0.717, 1.165) is 37.8 Å². The molecule has 1 heterocycles. The van der Waals surface area contributed by atoms with Gasteiger partial charge in [-0.25, -0.2) is 0 Å². The average Bonchev–Trinajstić information content (AvgIpc) is 2.77. The van der Waals surface area contributed by atoms with Crippen molar-refractivity contribution >= 4 is 0 Å². The first-order valence-electron chi connectivity index (χ1n) is 8.43. The number of benzene rings is 1. The predicted molar refractivity (Wildman–Crippen MR) is 88.9 cm³/mol. The Morgan fingerprint density at radius 3 is 2.90 bits per heavy atom. The number of nitrogens with one attached hydrogen (secondary N) is 1. The molecule has 3 nitrogen and oxygen atoms in total. The second-order valence-electron chi connectivity index (χ2n) is 6.12. The lowest BCUT2D eigenvalue weighted by molar-refractivity contribution is 0.214. The minimum Gasteiger partial charge on any atom is -0.494 e. The average molecular weight is 290 g/mol. The van der Waals surface area contributed by atoms with Gasteiger partial charge in [0.1, 0.15) is 5.75 Å². The highest BCUT2D eigenvalue weighted by atomic mass is 16.5. The van der Waals surface area contributed by atoms with E-state index in [-0.39, 0.29) is 0 Å². The molecule has 2 atom stereocenters. The van der Waals surface area contributed by atoms with Gasteiger partial charge in [-0.15, -0.1) is 0 Å². The fourth-order valence-electron chi connectivity index (χ4n) is 2.89. The van der Waals surface area contributed by atoms with Crippen LogP contribution >= 0.6 is 0 Å². The standard InChI is InChI=1S/C18H30N2O/c1-3-16(2)18-15-20(12-7-11-19-18)13-8-14-21-17-9-5-4-6-10-17/h4-6,9-10,16,18-19H,3,7-8,11-15H2,1-2H3. The minimum atomic E-state index is 0.646. The molecule has 118 valence electrons. The number of ether oxygens (including phenoxy) is 1. The Morgan fingerprint density at radius 2 is 2.14 bits per heavy atom. The summed E-state index contributed by atoms with van der Waals surface area (Å²) in [4.78, 5) is 2.60. The monoisotopic (exact) mass is 290 g/mol. The summed E-state index contributed by atoms with van der Waals surface area (Å²) in [5, 5.41) is 3.71. The molecule has 0 bridgehead atoms. The van der Waals surface area contributed by atoms with Crippen molar-refractivity contribution in [2.24, 2.45) is 5.92 Å². The molecule has 2 unspecified atom stereocenters.